The monoisotopic (exact) mass is 190 g/mol. The fraction of sp³-hybridized carbons (Fsp3) is 0.800. The molecule has 2 nitrogen and oxygen atoms in total. The largest absolute Gasteiger partial charge is 0.454 e. The van der Waals surface area contributed by atoms with E-state index in [1.165, 1.54) is 0 Å². The molecule has 0 bridgehead atoms. The molecule has 0 saturated carbocycles. The van der Waals surface area contributed by atoms with Crippen molar-refractivity contribution in [2.24, 2.45) is 0 Å². The zero-order valence-corrected chi connectivity index (χ0v) is 6.21. The molecule has 0 aromatic heterocycles. The summed E-state index contributed by atoms with van der Waals surface area (Å²) < 4.78 is 38.3. The van der Waals surface area contributed by atoms with Gasteiger partial charge in [0, 0.05) is 18.0 Å². The molecule has 0 rings (SSSR count). The Balaban J connectivity index is 3.22. The average Bonchev–Trinajstić information content (AvgIpc) is 1.78. The number of hydrogen-bond acceptors (Lipinski definition) is 2. The Morgan fingerprint density at radius 1 is 1.45 bits per heavy atom. The normalized spacial score (nSPS) is 11.3. The molecular weight excluding hydrogens is 184 g/mol. The van der Waals surface area contributed by atoms with Crippen LogP contribution in [0, 0.1) is 0 Å². The Bertz CT molecular complexity index is 134. The SMILES string of the molecule is O=C(Cl)OCCCC(F)(F)F. The van der Waals surface area contributed by atoms with Crippen LogP contribution >= 0.6 is 11.6 Å². The molecule has 0 heterocycles. The van der Waals surface area contributed by atoms with Gasteiger partial charge in [0.05, 0.1) is 6.61 Å². The lowest BCUT2D eigenvalue weighted by molar-refractivity contribution is -0.136. The summed E-state index contributed by atoms with van der Waals surface area (Å²) in [5, 5.41) is 0. The van der Waals surface area contributed by atoms with E-state index < -0.39 is 18.0 Å². The standard InChI is InChI=1S/C5H6ClF3O2/c6-4(10)11-3-1-2-5(7,8)9/h1-3H2. The van der Waals surface area contributed by atoms with Crippen LogP contribution in [0.15, 0.2) is 0 Å². The molecule has 0 aliphatic heterocycles. The summed E-state index contributed by atoms with van der Waals surface area (Å²) in [5.74, 6) is 0. The molecule has 0 amide bonds. The molecule has 0 unspecified atom stereocenters. The number of carbonyl (C=O) groups is 1. The molecule has 0 aromatic carbocycles. The second-order valence-electron chi connectivity index (χ2n) is 1.80. The predicted octanol–water partition coefficient (Wildman–Crippen LogP) is 2.70. The topological polar surface area (TPSA) is 26.3 Å². The fourth-order valence-corrected chi connectivity index (χ4v) is 0.502. The third-order valence-electron chi connectivity index (χ3n) is 0.820. The molecule has 0 spiro atoms. The van der Waals surface area contributed by atoms with E-state index in [-0.39, 0.29) is 13.0 Å². The highest BCUT2D eigenvalue weighted by atomic mass is 35.5. The first kappa shape index (κ1) is 10.6. The fourth-order valence-electron chi connectivity index (χ4n) is 0.425. The first-order valence-electron chi connectivity index (χ1n) is 2.81. The van der Waals surface area contributed by atoms with Crippen molar-refractivity contribution in [1.29, 1.82) is 0 Å². The van der Waals surface area contributed by atoms with Crippen molar-refractivity contribution in [1.82, 2.24) is 0 Å². The van der Waals surface area contributed by atoms with Gasteiger partial charge in [-0.1, -0.05) is 0 Å². The van der Waals surface area contributed by atoms with E-state index in [0.717, 1.165) is 0 Å². The Labute approximate surface area is 66.3 Å². The van der Waals surface area contributed by atoms with Crippen LogP contribution in [0.1, 0.15) is 12.8 Å². The molecule has 66 valence electrons. The number of ether oxygens (including phenoxy) is 1. The van der Waals surface area contributed by atoms with Gasteiger partial charge in [-0.05, 0) is 6.42 Å². The number of rotatable bonds is 3. The molecule has 0 aromatic rings. The second-order valence-corrected chi connectivity index (χ2v) is 2.11. The second kappa shape index (κ2) is 4.43. The van der Waals surface area contributed by atoms with Gasteiger partial charge in [0.15, 0.2) is 0 Å². The number of hydrogen-bond donors (Lipinski definition) is 0. The minimum Gasteiger partial charge on any atom is -0.454 e. The van der Waals surface area contributed by atoms with Crippen molar-refractivity contribution in [3.05, 3.63) is 0 Å². The zero-order valence-electron chi connectivity index (χ0n) is 5.45. The lowest BCUT2D eigenvalue weighted by Crippen LogP contribution is -2.09. The Kier molecular flexibility index (Phi) is 4.25. The van der Waals surface area contributed by atoms with Crippen molar-refractivity contribution in [2.45, 2.75) is 19.0 Å². The maximum atomic E-state index is 11.4. The lowest BCUT2D eigenvalue weighted by atomic mass is 10.3. The average molecular weight is 191 g/mol. The van der Waals surface area contributed by atoms with Crippen molar-refractivity contribution >= 4 is 17.0 Å². The summed E-state index contributed by atoms with van der Waals surface area (Å²) in [6.45, 7) is -0.290. The quantitative estimate of drug-likeness (QED) is 0.505. The van der Waals surface area contributed by atoms with Crippen LogP contribution in [-0.4, -0.2) is 18.2 Å². The van der Waals surface area contributed by atoms with Crippen LogP contribution in [0.2, 0.25) is 0 Å². The summed E-state index contributed by atoms with van der Waals surface area (Å²) in [4.78, 5) is 9.83. The molecule has 6 heteroatoms. The Hall–Kier alpha value is -0.450. The molecule has 0 aliphatic carbocycles. The van der Waals surface area contributed by atoms with Crippen LogP contribution in [-0.2, 0) is 4.74 Å². The first-order valence-corrected chi connectivity index (χ1v) is 3.18. The molecule has 0 aliphatic rings. The van der Waals surface area contributed by atoms with Crippen molar-refractivity contribution in [2.75, 3.05) is 6.61 Å². The van der Waals surface area contributed by atoms with E-state index in [1.54, 1.807) is 0 Å². The van der Waals surface area contributed by atoms with Crippen LogP contribution in [0.4, 0.5) is 18.0 Å². The third kappa shape index (κ3) is 9.55. The van der Waals surface area contributed by atoms with E-state index in [1.807, 2.05) is 0 Å². The van der Waals surface area contributed by atoms with E-state index in [0.29, 0.717) is 0 Å². The highest BCUT2D eigenvalue weighted by molar-refractivity contribution is 6.61. The maximum Gasteiger partial charge on any atom is 0.403 e. The third-order valence-corrected chi connectivity index (χ3v) is 0.929. The zero-order chi connectivity index (χ0) is 8.91. The van der Waals surface area contributed by atoms with Gasteiger partial charge in [0.2, 0.25) is 0 Å². The van der Waals surface area contributed by atoms with Gasteiger partial charge in [-0.25, -0.2) is 4.79 Å². The number of alkyl halides is 3. The number of carbonyl (C=O) groups excluding carboxylic acids is 1. The smallest absolute Gasteiger partial charge is 0.403 e. The van der Waals surface area contributed by atoms with Crippen molar-refractivity contribution < 1.29 is 22.7 Å². The van der Waals surface area contributed by atoms with E-state index in [4.69, 9.17) is 0 Å². The van der Waals surface area contributed by atoms with Crippen molar-refractivity contribution in [3.63, 3.8) is 0 Å². The van der Waals surface area contributed by atoms with Crippen LogP contribution in [0.3, 0.4) is 0 Å². The van der Waals surface area contributed by atoms with Gasteiger partial charge >= 0.3 is 11.6 Å². The minimum atomic E-state index is -4.20. The minimum absolute atomic E-state index is 0.248. The van der Waals surface area contributed by atoms with Crippen molar-refractivity contribution in [3.8, 4) is 0 Å². The van der Waals surface area contributed by atoms with E-state index in [9.17, 15) is 18.0 Å². The first-order chi connectivity index (χ1) is 4.92. The molecule has 0 fully saturated rings. The summed E-state index contributed by atoms with van der Waals surface area (Å²) in [7, 11) is 0. The Morgan fingerprint density at radius 3 is 2.36 bits per heavy atom. The van der Waals surface area contributed by atoms with Gasteiger partial charge in [0.25, 0.3) is 0 Å². The highest BCUT2D eigenvalue weighted by Crippen LogP contribution is 2.20. The van der Waals surface area contributed by atoms with Gasteiger partial charge in [-0.15, -0.1) is 0 Å². The van der Waals surface area contributed by atoms with Gasteiger partial charge in [-0.3, -0.25) is 0 Å². The van der Waals surface area contributed by atoms with Crippen LogP contribution < -0.4 is 0 Å². The van der Waals surface area contributed by atoms with Crippen LogP contribution in [0.5, 0.6) is 0 Å². The summed E-state index contributed by atoms with van der Waals surface area (Å²) in [6.07, 6.45) is -5.40. The molecule has 0 saturated heterocycles. The summed E-state index contributed by atoms with van der Waals surface area (Å²) in [6, 6.07) is 0. The van der Waals surface area contributed by atoms with Crippen LogP contribution in [0.25, 0.3) is 0 Å². The van der Waals surface area contributed by atoms with Gasteiger partial charge in [0.1, 0.15) is 0 Å². The van der Waals surface area contributed by atoms with E-state index >= 15 is 0 Å². The van der Waals surface area contributed by atoms with Gasteiger partial charge < -0.3 is 4.74 Å². The predicted molar refractivity (Wildman–Crippen MR) is 32.5 cm³/mol. The molecular formula is C5H6ClF3O2. The molecule has 0 atom stereocenters. The Morgan fingerprint density at radius 2 is 2.00 bits per heavy atom. The summed E-state index contributed by atoms with van der Waals surface area (Å²) in [5.41, 5.74) is -1.08. The summed E-state index contributed by atoms with van der Waals surface area (Å²) >= 11 is 4.69. The molecule has 0 radical (unpaired) electrons. The van der Waals surface area contributed by atoms with E-state index in [2.05, 4.69) is 16.3 Å². The molecule has 11 heavy (non-hydrogen) atoms. The molecule has 0 N–H and O–H groups in total. The lowest BCUT2D eigenvalue weighted by Gasteiger charge is -2.04. The highest BCUT2D eigenvalue weighted by Gasteiger charge is 2.26. The number of halogens is 4. The van der Waals surface area contributed by atoms with Gasteiger partial charge in [-0.2, -0.15) is 13.2 Å². The maximum absolute atomic E-state index is 11.4.